The molecule has 1 amide bonds. The Balaban J connectivity index is 2.73. The Morgan fingerprint density at radius 3 is 2.68 bits per heavy atom. The number of hydrogen-bond donors (Lipinski definition) is 2. The van der Waals surface area contributed by atoms with Gasteiger partial charge in [-0.15, -0.1) is 0 Å². The number of likely N-dealkylation sites (N-methyl/N-ethyl adjacent to an activating group) is 1. The maximum atomic E-state index is 13.5. The number of benzene rings is 1. The lowest BCUT2D eigenvalue weighted by Gasteiger charge is -2.22. The number of aliphatic hydroxyl groups excluding tert-OH is 1. The van der Waals surface area contributed by atoms with E-state index in [1.54, 1.807) is 18.9 Å². The number of aliphatic hydroxyl groups is 1. The molecule has 0 aliphatic rings. The lowest BCUT2D eigenvalue weighted by Crippen LogP contribution is -2.38. The van der Waals surface area contributed by atoms with Crippen molar-refractivity contribution in [2.45, 2.75) is 13.0 Å². The summed E-state index contributed by atoms with van der Waals surface area (Å²) in [6.45, 7) is 1.66. The van der Waals surface area contributed by atoms with Crippen molar-refractivity contribution in [2.24, 2.45) is 0 Å². The molecule has 7 heteroatoms. The molecule has 0 fully saturated rings. The standard InChI is InChI=1S/C12H15BrF2N2O2/c1-7(6-18)17(2)5-11(19)16-12-9(13)3-8(14)4-10(12)15/h3-4,7,18H,5-6H2,1-2H3,(H,16,19). The van der Waals surface area contributed by atoms with Crippen LogP contribution >= 0.6 is 15.9 Å². The van der Waals surface area contributed by atoms with Crippen LogP contribution in [-0.2, 0) is 4.79 Å². The van der Waals surface area contributed by atoms with Gasteiger partial charge in [0.2, 0.25) is 5.91 Å². The number of amides is 1. The van der Waals surface area contributed by atoms with Crippen molar-refractivity contribution in [1.82, 2.24) is 4.90 Å². The zero-order valence-electron chi connectivity index (χ0n) is 10.6. The maximum Gasteiger partial charge on any atom is 0.238 e. The third-order valence-corrected chi connectivity index (χ3v) is 3.31. The van der Waals surface area contributed by atoms with Crippen LogP contribution in [0.15, 0.2) is 16.6 Å². The molecular weight excluding hydrogens is 322 g/mol. The van der Waals surface area contributed by atoms with E-state index in [1.165, 1.54) is 0 Å². The molecule has 1 aromatic carbocycles. The smallest absolute Gasteiger partial charge is 0.238 e. The molecule has 0 saturated heterocycles. The quantitative estimate of drug-likeness (QED) is 0.864. The molecule has 19 heavy (non-hydrogen) atoms. The Kier molecular flexibility index (Phi) is 5.84. The van der Waals surface area contributed by atoms with Gasteiger partial charge in [-0.3, -0.25) is 9.69 Å². The average molecular weight is 337 g/mol. The number of carbonyl (C=O) groups is 1. The highest BCUT2D eigenvalue weighted by molar-refractivity contribution is 9.10. The molecule has 0 aromatic heterocycles. The fraction of sp³-hybridized carbons (Fsp3) is 0.417. The molecule has 0 bridgehead atoms. The van der Waals surface area contributed by atoms with Gasteiger partial charge in [-0.25, -0.2) is 8.78 Å². The maximum absolute atomic E-state index is 13.5. The number of rotatable bonds is 5. The summed E-state index contributed by atoms with van der Waals surface area (Å²) in [7, 11) is 1.66. The molecule has 0 spiro atoms. The molecule has 0 aliphatic carbocycles. The van der Waals surface area contributed by atoms with Gasteiger partial charge in [0, 0.05) is 16.6 Å². The monoisotopic (exact) mass is 336 g/mol. The van der Waals surface area contributed by atoms with Crippen LogP contribution in [0.25, 0.3) is 0 Å². The highest BCUT2D eigenvalue weighted by Gasteiger charge is 2.16. The zero-order chi connectivity index (χ0) is 14.6. The summed E-state index contributed by atoms with van der Waals surface area (Å²) in [5.74, 6) is -2.03. The number of hydrogen-bond acceptors (Lipinski definition) is 3. The van der Waals surface area contributed by atoms with Crippen molar-refractivity contribution in [3.05, 3.63) is 28.2 Å². The van der Waals surface area contributed by atoms with Crippen molar-refractivity contribution < 1.29 is 18.7 Å². The van der Waals surface area contributed by atoms with Crippen molar-refractivity contribution in [3.8, 4) is 0 Å². The molecule has 1 unspecified atom stereocenters. The predicted molar refractivity (Wildman–Crippen MR) is 71.9 cm³/mol. The molecular formula is C12H15BrF2N2O2. The highest BCUT2D eigenvalue weighted by Crippen LogP contribution is 2.26. The first-order valence-electron chi connectivity index (χ1n) is 5.60. The summed E-state index contributed by atoms with van der Waals surface area (Å²) in [6, 6.07) is 1.58. The van der Waals surface area contributed by atoms with Crippen LogP contribution in [0.1, 0.15) is 6.92 Å². The second-order valence-corrected chi connectivity index (χ2v) is 5.09. The molecule has 106 valence electrons. The Morgan fingerprint density at radius 2 is 2.16 bits per heavy atom. The topological polar surface area (TPSA) is 52.6 Å². The van der Waals surface area contributed by atoms with Gasteiger partial charge < -0.3 is 10.4 Å². The van der Waals surface area contributed by atoms with Crippen molar-refractivity contribution in [3.63, 3.8) is 0 Å². The molecule has 1 rings (SSSR count). The van der Waals surface area contributed by atoms with Gasteiger partial charge in [0.1, 0.15) is 5.82 Å². The first-order valence-corrected chi connectivity index (χ1v) is 6.40. The van der Waals surface area contributed by atoms with Gasteiger partial charge in [-0.1, -0.05) is 0 Å². The summed E-state index contributed by atoms with van der Waals surface area (Å²) >= 11 is 2.99. The van der Waals surface area contributed by atoms with E-state index in [0.29, 0.717) is 6.07 Å². The van der Waals surface area contributed by atoms with Crippen LogP contribution < -0.4 is 5.32 Å². The third-order valence-electron chi connectivity index (χ3n) is 2.68. The molecule has 0 heterocycles. The Labute approximate surface area is 118 Å². The second kappa shape index (κ2) is 6.93. The Hall–Kier alpha value is -1.05. The summed E-state index contributed by atoms with van der Waals surface area (Å²) in [5.41, 5.74) is -0.101. The third kappa shape index (κ3) is 4.52. The summed E-state index contributed by atoms with van der Waals surface area (Å²) in [4.78, 5) is 13.3. The molecule has 1 atom stereocenters. The van der Waals surface area contributed by atoms with E-state index in [1.807, 2.05) is 0 Å². The molecule has 0 saturated carbocycles. The van der Waals surface area contributed by atoms with E-state index in [4.69, 9.17) is 5.11 Å². The van der Waals surface area contributed by atoms with Gasteiger partial charge in [-0.05, 0) is 36.0 Å². The molecule has 1 aromatic rings. The van der Waals surface area contributed by atoms with Gasteiger partial charge in [0.25, 0.3) is 0 Å². The summed E-state index contributed by atoms with van der Waals surface area (Å²) < 4.78 is 26.5. The first kappa shape index (κ1) is 16.0. The Morgan fingerprint density at radius 1 is 1.53 bits per heavy atom. The number of nitrogens with zero attached hydrogens (tertiary/aromatic N) is 1. The molecule has 0 radical (unpaired) electrons. The molecule has 4 nitrogen and oxygen atoms in total. The number of anilines is 1. The van der Waals surface area contributed by atoms with E-state index < -0.39 is 17.5 Å². The highest BCUT2D eigenvalue weighted by atomic mass is 79.9. The van der Waals surface area contributed by atoms with Crippen molar-refractivity contribution in [1.29, 1.82) is 0 Å². The minimum atomic E-state index is -0.849. The SMILES string of the molecule is CC(CO)N(C)CC(=O)Nc1c(F)cc(F)cc1Br. The van der Waals surface area contributed by atoms with E-state index >= 15 is 0 Å². The minimum Gasteiger partial charge on any atom is -0.395 e. The van der Waals surface area contributed by atoms with E-state index in [-0.39, 0.29) is 29.4 Å². The second-order valence-electron chi connectivity index (χ2n) is 4.24. The average Bonchev–Trinajstić information content (AvgIpc) is 2.32. The molecule has 2 N–H and O–H groups in total. The lowest BCUT2D eigenvalue weighted by atomic mass is 10.3. The Bertz CT molecular complexity index is 448. The van der Waals surface area contributed by atoms with Crippen LogP contribution in [0.5, 0.6) is 0 Å². The van der Waals surface area contributed by atoms with Crippen LogP contribution in [0.2, 0.25) is 0 Å². The van der Waals surface area contributed by atoms with Gasteiger partial charge in [-0.2, -0.15) is 0 Å². The molecule has 0 aliphatic heterocycles. The number of halogens is 3. The van der Waals surface area contributed by atoms with E-state index in [2.05, 4.69) is 21.2 Å². The summed E-state index contributed by atoms with van der Waals surface area (Å²) in [6.07, 6.45) is 0. The number of carbonyl (C=O) groups excluding carboxylic acids is 1. The normalized spacial score (nSPS) is 12.6. The zero-order valence-corrected chi connectivity index (χ0v) is 12.2. The van der Waals surface area contributed by atoms with Crippen LogP contribution in [0.3, 0.4) is 0 Å². The van der Waals surface area contributed by atoms with Crippen molar-refractivity contribution in [2.75, 3.05) is 25.5 Å². The number of nitrogens with one attached hydrogen (secondary N) is 1. The van der Waals surface area contributed by atoms with Crippen LogP contribution in [-0.4, -0.2) is 42.2 Å². The summed E-state index contributed by atoms with van der Waals surface area (Å²) in [5, 5.41) is 11.3. The fourth-order valence-electron chi connectivity index (χ4n) is 1.36. The van der Waals surface area contributed by atoms with Gasteiger partial charge in [0.15, 0.2) is 5.82 Å². The fourth-order valence-corrected chi connectivity index (χ4v) is 1.87. The van der Waals surface area contributed by atoms with Gasteiger partial charge >= 0.3 is 0 Å². The largest absolute Gasteiger partial charge is 0.395 e. The van der Waals surface area contributed by atoms with Crippen molar-refractivity contribution >= 4 is 27.5 Å². The van der Waals surface area contributed by atoms with Gasteiger partial charge in [0.05, 0.1) is 18.8 Å². The predicted octanol–water partition coefficient (Wildman–Crippen LogP) is 1.98. The van der Waals surface area contributed by atoms with E-state index in [0.717, 1.165) is 6.07 Å². The van der Waals surface area contributed by atoms with Crippen LogP contribution in [0.4, 0.5) is 14.5 Å². The van der Waals surface area contributed by atoms with Crippen LogP contribution in [0, 0.1) is 11.6 Å². The van der Waals surface area contributed by atoms with E-state index in [9.17, 15) is 13.6 Å². The lowest BCUT2D eigenvalue weighted by molar-refractivity contribution is -0.117. The first-order chi connectivity index (χ1) is 8.85. The minimum absolute atomic E-state index is 0.00895.